The quantitative estimate of drug-likeness (QED) is 0.619. The van der Waals surface area contributed by atoms with Crippen LogP contribution in [0.25, 0.3) is 11.3 Å². The van der Waals surface area contributed by atoms with Crippen LogP contribution < -0.4 is 0 Å². The Hall–Kier alpha value is -1.64. The summed E-state index contributed by atoms with van der Waals surface area (Å²) in [4.78, 5) is 8.89. The standard InChI is InChI=1S/C11H11N3/c1-7-5-12-9-3-4-14-6-8(2)13-11(14)10(7)9/h3-5H,6H2,1-2H3. The van der Waals surface area contributed by atoms with Gasteiger partial charge >= 0.3 is 0 Å². The van der Waals surface area contributed by atoms with Crippen LogP contribution in [-0.2, 0) is 6.54 Å². The van der Waals surface area contributed by atoms with Crippen LogP contribution in [0.1, 0.15) is 12.5 Å². The number of nitrogens with zero attached hydrogens (tertiary/aromatic N) is 3. The highest BCUT2D eigenvalue weighted by Gasteiger charge is 2.19. The Balaban J connectivity index is 2.39. The molecule has 0 radical (unpaired) electrons. The van der Waals surface area contributed by atoms with Crippen LogP contribution in [0.5, 0.6) is 0 Å². The molecule has 70 valence electrons. The van der Waals surface area contributed by atoms with Gasteiger partial charge in [-0.05, 0) is 25.5 Å². The Morgan fingerprint density at radius 3 is 3.07 bits per heavy atom. The first-order chi connectivity index (χ1) is 6.75. The second-order valence-corrected chi connectivity index (χ2v) is 3.82. The van der Waals surface area contributed by atoms with E-state index in [0.717, 1.165) is 23.8 Å². The molecule has 0 saturated carbocycles. The van der Waals surface area contributed by atoms with Gasteiger partial charge in [-0.3, -0.25) is 4.98 Å². The molecule has 0 aliphatic carbocycles. The first kappa shape index (κ1) is 7.74. The van der Waals surface area contributed by atoms with Crippen molar-refractivity contribution in [1.82, 2.24) is 9.55 Å². The van der Waals surface area contributed by atoms with E-state index in [-0.39, 0.29) is 0 Å². The van der Waals surface area contributed by atoms with E-state index in [4.69, 9.17) is 0 Å². The molecular formula is C11H11N3. The predicted molar refractivity (Wildman–Crippen MR) is 56.4 cm³/mol. The molecule has 0 aromatic carbocycles. The topological polar surface area (TPSA) is 30.2 Å². The van der Waals surface area contributed by atoms with Gasteiger partial charge in [-0.25, -0.2) is 4.99 Å². The molecule has 0 aromatic rings. The fraction of sp³-hybridized carbons (Fsp3) is 0.273. The smallest absolute Gasteiger partial charge is 0.142 e. The van der Waals surface area contributed by atoms with Crippen LogP contribution in [-0.4, -0.2) is 15.3 Å². The summed E-state index contributed by atoms with van der Waals surface area (Å²) in [5.74, 6) is 1.06. The highest BCUT2D eigenvalue weighted by molar-refractivity contribution is 5.91. The van der Waals surface area contributed by atoms with Crippen molar-refractivity contribution >= 4 is 11.5 Å². The fourth-order valence-corrected chi connectivity index (χ4v) is 2.00. The molecule has 0 atom stereocenters. The predicted octanol–water partition coefficient (Wildman–Crippen LogP) is 2.40. The second-order valence-electron chi connectivity index (χ2n) is 3.82. The van der Waals surface area contributed by atoms with Gasteiger partial charge < -0.3 is 4.57 Å². The van der Waals surface area contributed by atoms with Crippen molar-refractivity contribution in [2.75, 3.05) is 0 Å². The maximum Gasteiger partial charge on any atom is 0.142 e. The summed E-state index contributed by atoms with van der Waals surface area (Å²) in [6.45, 7) is 5.06. The van der Waals surface area contributed by atoms with Crippen LogP contribution in [0.2, 0.25) is 0 Å². The Labute approximate surface area is 82.5 Å². The van der Waals surface area contributed by atoms with Crippen LogP contribution in [0, 0.1) is 6.92 Å². The number of aryl methyl sites for hydroxylation is 1. The largest absolute Gasteiger partial charge is 0.327 e. The number of hydrogen-bond donors (Lipinski definition) is 0. The summed E-state index contributed by atoms with van der Waals surface area (Å²) in [6, 6.07) is 2.06. The fourth-order valence-electron chi connectivity index (χ4n) is 2.00. The molecular weight excluding hydrogens is 174 g/mol. The maximum atomic E-state index is 4.55. The van der Waals surface area contributed by atoms with Gasteiger partial charge in [-0.15, -0.1) is 0 Å². The zero-order valence-electron chi connectivity index (χ0n) is 8.28. The molecule has 0 saturated heterocycles. The number of aromatic nitrogens is 2. The Morgan fingerprint density at radius 1 is 1.36 bits per heavy atom. The monoisotopic (exact) mass is 185 g/mol. The first-order valence-electron chi connectivity index (χ1n) is 4.74. The lowest BCUT2D eigenvalue weighted by Crippen LogP contribution is -1.99. The molecule has 0 N–H and O–H groups in total. The third-order valence-corrected chi connectivity index (χ3v) is 2.65. The number of rotatable bonds is 0. The molecule has 3 heterocycles. The van der Waals surface area contributed by atoms with E-state index in [0.29, 0.717) is 0 Å². The average Bonchev–Trinajstić information content (AvgIpc) is 2.68. The molecule has 3 heteroatoms. The lowest BCUT2D eigenvalue weighted by molar-refractivity contribution is 0.881. The van der Waals surface area contributed by atoms with E-state index >= 15 is 0 Å². The van der Waals surface area contributed by atoms with E-state index in [1.165, 1.54) is 11.1 Å². The molecule has 3 nitrogen and oxygen atoms in total. The van der Waals surface area contributed by atoms with E-state index in [1.54, 1.807) is 0 Å². The summed E-state index contributed by atoms with van der Waals surface area (Å²) < 4.78 is 2.17. The summed E-state index contributed by atoms with van der Waals surface area (Å²) in [7, 11) is 0. The summed E-state index contributed by atoms with van der Waals surface area (Å²) >= 11 is 0. The Kier molecular flexibility index (Phi) is 1.35. The van der Waals surface area contributed by atoms with Crippen LogP contribution in [0.4, 0.5) is 5.82 Å². The molecule has 3 rings (SSSR count). The first-order valence-corrected chi connectivity index (χ1v) is 4.74. The molecule has 3 aliphatic rings. The van der Waals surface area contributed by atoms with Gasteiger partial charge in [0.15, 0.2) is 0 Å². The van der Waals surface area contributed by atoms with E-state index < -0.39 is 0 Å². The van der Waals surface area contributed by atoms with Crippen LogP contribution in [0.15, 0.2) is 23.5 Å². The second kappa shape index (κ2) is 2.44. The van der Waals surface area contributed by atoms with Gasteiger partial charge in [0.05, 0.1) is 12.2 Å². The molecule has 0 fully saturated rings. The normalized spacial score (nSPS) is 14.6. The highest BCUT2D eigenvalue weighted by Crippen LogP contribution is 2.36. The Morgan fingerprint density at radius 2 is 2.21 bits per heavy atom. The average molecular weight is 185 g/mol. The number of fused-ring (bicyclic) bond motifs is 3. The Bertz CT molecular complexity index is 508. The minimum atomic E-state index is 0.913. The molecule has 3 aliphatic heterocycles. The van der Waals surface area contributed by atoms with Crippen molar-refractivity contribution in [2.45, 2.75) is 20.4 Å². The van der Waals surface area contributed by atoms with Crippen molar-refractivity contribution in [2.24, 2.45) is 4.99 Å². The van der Waals surface area contributed by atoms with Crippen LogP contribution >= 0.6 is 0 Å². The minimum absolute atomic E-state index is 0.913. The molecule has 0 spiro atoms. The van der Waals surface area contributed by atoms with E-state index in [2.05, 4.69) is 40.7 Å². The number of hydrogen-bond acceptors (Lipinski definition) is 2. The highest BCUT2D eigenvalue weighted by atomic mass is 15.1. The summed E-state index contributed by atoms with van der Waals surface area (Å²) in [5.41, 5.74) is 4.62. The number of pyridine rings is 1. The lowest BCUT2D eigenvalue weighted by Gasteiger charge is -2.07. The third-order valence-electron chi connectivity index (χ3n) is 2.65. The van der Waals surface area contributed by atoms with Gasteiger partial charge in [-0.1, -0.05) is 0 Å². The zero-order valence-corrected chi connectivity index (χ0v) is 8.28. The maximum absolute atomic E-state index is 4.55. The van der Waals surface area contributed by atoms with Gasteiger partial charge in [0.2, 0.25) is 0 Å². The van der Waals surface area contributed by atoms with Crippen molar-refractivity contribution in [3.05, 3.63) is 24.0 Å². The summed E-state index contributed by atoms with van der Waals surface area (Å²) in [5, 5.41) is 0. The minimum Gasteiger partial charge on any atom is -0.327 e. The lowest BCUT2D eigenvalue weighted by atomic mass is 10.1. The van der Waals surface area contributed by atoms with Gasteiger partial charge in [-0.2, -0.15) is 0 Å². The summed E-state index contributed by atoms with van der Waals surface area (Å²) in [6.07, 6.45) is 3.97. The molecule has 0 unspecified atom stereocenters. The zero-order chi connectivity index (χ0) is 9.71. The van der Waals surface area contributed by atoms with Crippen molar-refractivity contribution < 1.29 is 0 Å². The molecule has 0 amide bonds. The van der Waals surface area contributed by atoms with Gasteiger partial charge in [0.25, 0.3) is 0 Å². The molecule has 0 aromatic heterocycles. The SMILES string of the molecule is CC1=Nc2c3c(C)cnc-3ccn2C1. The van der Waals surface area contributed by atoms with Crippen molar-refractivity contribution in [3.63, 3.8) is 0 Å². The van der Waals surface area contributed by atoms with E-state index in [9.17, 15) is 0 Å². The van der Waals surface area contributed by atoms with Gasteiger partial charge in [0, 0.05) is 23.7 Å². The van der Waals surface area contributed by atoms with Gasteiger partial charge in [0.1, 0.15) is 5.82 Å². The van der Waals surface area contributed by atoms with Crippen molar-refractivity contribution in [1.29, 1.82) is 0 Å². The third kappa shape index (κ3) is 0.867. The van der Waals surface area contributed by atoms with Crippen molar-refractivity contribution in [3.8, 4) is 11.3 Å². The number of aliphatic imine (C=N–C) groups is 1. The van der Waals surface area contributed by atoms with Crippen LogP contribution in [0.3, 0.4) is 0 Å². The molecule has 0 bridgehead atoms. The molecule has 14 heavy (non-hydrogen) atoms. The van der Waals surface area contributed by atoms with E-state index in [1.807, 2.05) is 6.20 Å².